The van der Waals surface area contributed by atoms with Crippen LogP contribution in [-0.4, -0.2) is 37.2 Å². The largest absolute Gasteiger partial charge is 0.462 e. The predicted octanol–water partition coefficient (Wildman–Crippen LogP) is 16.3. The first-order chi connectivity index (χ1) is 27.9. The standard InChI is InChI=1S/C51H98O6/c1-5-7-9-11-13-15-17-19-20-21-22-23-24-26-28-30-36-40-44-51(54)57-48(46-56-50(53)43-39-35-32-31-33-37-41-47(3)4)45-55-49(52)42-38-34-29-27-25-18-16-14-12-10-8-6-2/h47-48H,5-46H2,1-4H3/t48-/m1/s1. The highest BCUT2D eigenvalue weighted by Gasteiger charge is 2.19. The smallest absolute Gasteiger partial charge is 0.306 e. The number of carbonyl (C=O) groups excluding carboxylic acids is 3. The molecule has 0 bridgehead atoms. The van der Waals surface area contributed by atoms with Crippen molar-refractivity contribution in [3.05, 3.63) is 0 Å². The Hall–Kier alpha value is -1.59. The van der Waals surface area contributed by atoms with Gasteiger partial charge in [-0.05, 0) is 25.2 Å². The Balaban J connectivity index is 4.25. The quantitative estimate of drug-likeness (QED) is 0.0346. The Morgan fingerprint density at radius 2 is 0.579 bits per heavy atom. The second-order valence-electron chi connectivity index (χ2n) is 17.9. The van der Waals surface area contributed by atoms with Crippen molar-refractivity contribution in [1.82, 2.24) is 0 Å². The Bertz CT molecular complexity index is 857. The zero-order chi connectivity index (χ0) is 41.7. The molecular formula is C51H98O6. The van der Waals surface area contributed by atoms with Gasteiger partial charge in [0.15, 0.2) is 6.10 Å². The van der Waals surface area contributed by atoms with Gasteiger partial charge in [0.2, 0.25) is 0 Å². The van der Waals surface area contributed by atoms with E-state index in [4.69, 9.17) is 14.2 Å². The van der Waals surface area contributed by atoms with Crippen LogP contribution in [0.3, 0.4) is 0 Å². The normalized spacial score (nSPS) is 11.9. The fraction of sp³-hybridized carbons (Fsp3) is 0.941. The van der Waals surface area contributed by atoms with E-state index in [0.29, 0.717) is 19.3 Å². The monoisotopic (exact) mass is 807 g/mol. The summed E-state index contributed by atoms with van der Waals surface area (Å²) in [7, 11) is 0. The van der Waals surface area contributed by atoms with Gasteiger partial charge in [-0.25, -0.2) is 0 Å². The lowest BCUT2D eigenvalue weighted by Crippen LogP contribution is -2.30. The molecule has 0 saturated carbocycles. The fourth-order valence-electron chi connectivity index (χ4n) is 7.69. The molecule has 57 heavy (non-hydrogen) atoms. The summed E-state index contributed by atoms with van der Waals surface area (Å²) in [6.45, 7) is 8.95. The van der Waals surface area contributed by atoms with Gasteiger partial charge in [0, 0.05) is 19.3 Å². The number of rotatable bonds is 46. The zero-order valence-corrected chi connectivity index (χ0v) is 38.8. The van der Waals surface area contributed by atoms with Crippen molar-refractivity contribution >= 4 is 17.9 Å². The van der Waals surface area contributed by atoms with Crippen LogP contribution >= 0.6 is 0 Å². The molecule has 0 saturated heterocycles. The molecule has 0 radical (unpaired) electrons. The van der Waals surface area contributed by atoms with E-state index in [9.17, 15) is 14.4 Å². The summed E-state index contributed by atoms with van der Waals surface area (Å²) in [6, 6.07) is 0. The highest BCUT2D eigenvalue weighted by atomic mass is 16.6. The minimum Gasteiger partial charge on any atom is -0.462 e. The predicted molar refractivity (Wildman–Crippen MR) is 243 cm³/mol. The third-order valence-electron chi connectivity index (χ3n) is 11.5. The molecule has 0 aliphatic heterocycles. The first-order valence-electron chi connectivity index (χ1n) is 25.4. The molecule has 1 atom stereocenters. The van der Waals surface area contributed by atoms with E-state index in [2.05, 4.69) is 27.7 Å². The summed E-state index contributed by atoms with van der Waals surface area (Å²) in [5, 5.41) is 0. The molecule has 6 nitrogen and oxygen atoms in total. The van der Waals surface area contributed by atoms with Crippen molar-refractivity contribution in [2.45, 2.75) is 291 Å². The van der Waals surface area contributed by atoms with Gasteiger partial charge in [0.05, 0.1) is 0 Å². The van der Waals surface area contributed by atoms with Crippen molar-refractivity contribution in [2.24, 2.45) is 5.92 Å². The summed E-state index contributed by atoms with van der Waals surface area (Å²) in [6.07, 6.45) is 46.7. The third-order valence-corrected chi connectivity index (χ3v) is 11.5. The van der Waals surface area contributed by atoms with Crippen LogP contribution in [0.15, 0.2) is 0 Å². The van der Waals surface area contributed by atoms with Crippen LogP contribution < -0.4 is 0 Å². The molecule has 0 aliphatic rings. The van der Waals surface area contributed by atoms with Gasteiger partial charge in [-0.2, -0.15) is 0 Å². The molecule has 0 aromatic heterocycles. The van der Waals surface area contributed by atoms with E-state index < -0.39 is 6.10 Å². The Kier molecular flexibility index (Phi) is 44.2. The molecule has 6 heteroatoms. The lowest BCUT2D eigenvalue weighted by atomic mass is 10.0. The van der Waals surface area contributed by atoms with Gasteiger partial charge in [-0.3, -0.25) is 14.4 Å². The zero-order valence-electron chi connectivity index (χ0n) is 38.8. The van der Waals surface area contributed by atoms with Crippen LogP contribution in [0.25, 0.3) is 0 Å². The molecule has 338 valence electrons. The molecule has 0 aliphatic carbocycles. The maximum atomic E-state index is 12.8. The highest BCUT2D eigenvalue weighted by Crippen LogP contribution is 2.17. The van der Waals surface area contributed by atoms with Crippen molar-refractivity contribution in [3.8, 4) is 0 Å². The summed E-state index contributed by atoms with van der Waals surface area (Å²) in [4.78, 5) is 37.8. The first-order valence-corrected chi connectivity index (χ1v) is 25.4. The average molecular weight is 807 g/mol. The minimum absolute atomic E-state index is 0.0639. The van der Waals surface area contributed by atoms with Crippen molar-refractivity contribution in [3.63, 3.8) is 0 Å². The molecule has 0 aromatic rings. The Morgan fingerprint density at radius 3 is 0.860 bits per heavy atom. The number of hydrogen-bond acceptors (Lipinski definition) is 6. The number of ether oxygens (including phenoxy) is 3. The number of esters is 3. The van der Waals surface area contributed by atoms with E-state index >= 15 is 0 Å². The minimum atomic E-state index is -0.760. The van der Waals surface area contributed by atoms with Crippen LogP contribution in [-0.2, 0) is 28.6 Å². The molecule has 0 fully saturated rings. The maximum Gasteiger partial charge on any atom is 0.306 e. The van der Waals surface area contributed by atoms with Crippen molar-refractivity contribution in [2.75, 3.05) is 13.2 Å². The van der Waals surface area contributed by atoms with Gasteiger partial charge in [0.1, 0.15) is 13.2 Å². The number of carbonyl (C=O) groups is 3. The van der Waals surface area contributed by atoms with Crippen molar-refractivity contribution < 1.29 is 28.6 Å². The average Bonchev–Trinajstić information content (AvgIpc) is 3.19. The Labute approximate surface area is 355 Å². The van der Waals surface area contributed by atoms with Gasteiger partial charge in [-0.15, -0.1) is 0 Å². The van der Waals surface area contributed by atoms with Crippen LogP contribution in [0.4, 0.5) is 0 Å². The number of hydrogen-bond donors (Lipinski definition) is 0. The van der Waals surface area contributed by atoms with Crippen LogP contribution in [0.5, 0.6) is 0 Å². The topological polar surface area (TPSA) is 78.9 Å². The van der Waals surface area contributed by atoms with Crippen molar-refractivity contribution in [1.29, 1.82) is 0 Å². The summed E-state index contributed by atoms with van der Waals surface area (Å²) in [5.41, 5.74) is 0. The van der Waals surface area contributed by atoms with Gasteiger partial charge in [0.25, 0.3) is 0 Å². The summed E-state index contributed by atoms with van der Waals surface area (Å²) >= 11 is 0. The fourth-order valence-corrected chi connectivity index (χ4v) is 7.69. The van der Waals surface area contributed by atoms with E-state index in [0.717, 1.165) is 63.7 Å². The highest BCUT2D eigenvalue weighted by molar-refractivity contribution is 5.71. The molecule has 0 unspecified atom stereocenters. The van der Waals surface area contributed by atoms with Gasteiger partial charge < -0.3 is 14.2 Å². The van der Waals surface area contributed by atoms with Gasteiger partial charge >= 0.3 is 17.9 Å². The summed E-state index contributed by atoms with van der Waals surface area (Å²) in [5.74, 6) is -0.0883. The third kappa shape index (κ3) is 45.3. The molecule has 0 heterocycles. The van der Waals surface area contributed by atoms with E-state index in [1.54, 1.807) is 0 Å². The lowest BCUT2D eigenvalue weighted by Gasteiger charge is -2.18. The molecular weight excluding hydrogens is 709 g/mol. The molecule has 0 amide bonds. The molecule has 0 N–H and O–H groups in total. The van der Waals surface area contributed by atoms with Gasteiger partial charge in [-0.1, -0.05) is 246 Å². The van der Waals surface area contributed by atoms with E-state index in [1.807, 2.05) is 0 Å². The van der Waals surface area contributed by atoms with Crippen LogP contribution in [0.2, 0.25) is 0 Å². The SMILES string of the molecule is CCCCCCCCCCCCCCCCCCCCC(=O)O[C@H](COC(=O)CCCCCCCCCCCCCC)COC(=O)CCCCCCCCC(C)C. The van der Waals surface area contributed by atoms with Crippen LogP contribution in [0.1, 0.15) is 285 Å². The lowest BCUT2D eigenvalue weighted by molar-refractivity contribution is -0.167. The second-order valence-corrected chi connectivity index (χ2v) is 17.9. The Morgan fingerprint density at radius 1 is 0.333 bits per heavy atom. The van der Waals surface area contributed by atoms with E-state index in [-0.39, 0.29) is 31.1 Å². The molecule has 0 spiro atoms. The van der Waals surface area contributed by atoms with Crippen LogP contribution in [0, 0.1) is 5.92 Å². The maximum absolute atomic E-state index is 12.8. The molecule has 0 aromatic carbocycles. The first kappa shape index (κ1) is 55.4. The second kappa shape index (κ2) is 45.5. The summed E-state index contributed by atoms with van der Waals surface area (Å²) < 4.78 is 16.8. The molecule has 0 rings (SSSR count). The number of unbranched alkanes of at least 4 members (excludes halogenated alkanes) is 33. The van der Waals surface area contributed by atoms with E-state index in [1.165, 1.54) is 180 Å².